The number of amides is 1. The van der Waals surface area contributed by atoms with E-state index in [2.05, 4.69) is 15.5 Å². The van der Waals surface area contributed by atoms with Gasteiger partial charge in [-0.05, 0) is 31.0 Å². The van der Waals surface area contributed by atoms with Gasteiger partial charge in [0.1, 0.15) is 11.6 Å². The molecule has 2 N–H and O–H groups in total. The minimum Gasteiger partial charge on any atom is -0.497 e. The van der Waals surface area contributed by atoms with Crippen molar-refractivity contribution in [1.82, 2.24) is 20.1 Å². The molecule has 0 saturated heterocycles. The summed E-state index contributed by atoms with van der Waals surface area (Å²) in [5, 5.41) is 9.54. The fraction of sp³-hybridized carbons (Fsp3) is 0.438. The largest absolute Gasteiger partial charge is 0.497 e. The van der Waals surface area contributed by atoms with E-state index in [9.17, 15) is 9.59 Å². The zero-order valence-electron chi connectivity index (χ0n) is 13.4. The van der Waals surface area contributed by atoms with Gasteiger partial charge in [0.25, 0.3) is 0 Å². The summed E-state index contributed by atoms with van der Waals surface area (Å²) in [6.45, 7) is 0.582. The van der Waals surface area contributed by atoms with E-state index in [0.29, 0.717) is 18.7 Å². The third kappa shape index (κ3) is 4.00. The molecule has 24 heavy (non-hydrogen) atoms. The smallest absolute Gasteiger partial charge is 0.343 e. The molecule has 0 fully saturated rings. The lowest BCUT2D eigenvalue weighted by Gasteiger charge is -2.15. The molecular formula is C16H20N4O3S. The van der Waals surface area contributed by atoms with Crippen molar-refractivity contribution in [3.63, 3.8) is 0 Å². The fourth-order valence-corrected chi connectivity index (χ4v) is 3.51. The highest BCUT2D eigenvalue weighted by atomic mass is 32.2. The summed E-state index contributed by atoms with van der Waals surface area (Å²) in [5.74, 6) is 1.90. The summed E-state index contributed by atoms with van der Waals surface area (Å²) in [7, 11) is 1.62. The van der Waals surface area contributed by atoms with Gasteiger partial charge in [0, 0.05) is 23.9 Å². The Kier molecular flexibility index (Phi) is 5.24. The molecule has 2 aromatic rings. The summed E-state index contributed by atoms with van der Waals surface area (Å²) in [6, 6.07) is 7.72. The van der Waals surface area contributed by atoms with Crippen LogP contribution in [0.5, 0.6) is 5.75 Å². The number of aryl methyl sites for hydroxylation is 1. The molecule has 1 amide bonds. The van der Waals surface area contributed by atoms with E-state index in [0.717, 1.165) is 29.3 Å². The maximum atomic E-state index is 12.2. The predicted octanol–water partition coefficient (Wildman–Crippen LogP) is 1.19. The number of ether oxygens (including phenoxy) is 1. The molecule has 0 aliphatic carbocycles. The molecule has 8 heteroatoms. The third-order valence-corrected chi connectivity index (χ3v) is 5.02. The number of thioether (sulfide) groups is 1. The first-order chi connectivity index (χ1) is 11.7. The number of hydrogen-bond donors (Lipinski definition) is 2. The lowest BCUT2D eigenvalue weighted by atomic mass is 10.1. The highest BCUT2D eigenvalue weighted by molar-refractivity contribution is 8.00. The molecule has 1 aliphatic rings. The summed E-state index contributed by atoms with van der Waals surface area (Å²) in [4.78, 5) is 24.8. The van der Waals surface area contributed by atoms with E-state index in [1.165, 1.54) is 11.8 Å². The summed E-state index contributed by atoms with van der Waals surface area (Å²) in [5.41, 5.74) is -0.175. The first kappa shape index (κ1) is 16.6. The van der Waals surface area contributed by atoms with Gasteiger partial charge in [-0.15, -0.1) is 11.8 Å². The second-order valence-electron chi connectivity index (χ2n) is 5.66. The topological polar surface area (TPSA) is 89.0 Å². The molecule has 1 unspecified atom stereocenters. The third-order valence-electron chi connectivity index (χ3n) is 4.03. The van der Waals surface area contributed by atoms with Crippen LogP contribution in [0.2, 0.25) is 0 Å². The number of aromatic amines is 1. The minimum absolute atomic E-state index is 0.00118. The Labute approximate surface area is 143 Å². The zero-order chi connectivity index (χ0) is 16.9. The molecule has 128 valence electrons. The fourth-order valence-electron chi connectivity index (χ4n) is 2.76. The van der Waals surface area contributed by atoms with Crippen LogP contribution >= 0.6 is 11.8 Å². The van der Waals surface area contributed by atoms with Crippen molar-refractivity contribution in [1.29, 1.82) is 0 Å². The number of aromatic nitrogens is 3. The van der Waals surface area contributed by atoms with Gasteiger partial charge >= 0.3 is 5.69 Å². The quantitative estimate of drug-likeness (QED) is 0.793. The van der Waals surface area contributed by atoms with E-state index in [1.54, 1.807) is 11.7 Å². The molecule has 0 spiro atoms. The van der Waals surface area contributed by atoms with E-state index < -0.39 is 0 Å². The number of nitrogens with zero attached hydrogens (tertiary/aromatic N) is 2. The molecule has 0 bridgehead atoms. The minimum atomic E-state index is -0.175. The molecule has 1 aromatic carbocycles. The first-order valence-corrected chi connectivity index (χ1v) is 8.84. The van der Waals surface area contributed by atoms with Crippen molar-refractivity contribution in [2.45, 2.75) is 36.7 Å². The summed E-state index contributed by atoms with van der Waals surface area (Å²) < 4.78 is 6.83. The number of rotatable bonds is 5. The number of carbonyl (C=O) groups excluding carboxylic acids is 1. The molecule has 1 aliphatic heterocycles. The SMILES string of the molecule is COc1cccc(SCC(=O)NC2CCc3n[nH]c(=O)n3CC2)c1. The summed E-state index contributed by atoms with van der Waals surface area (Å²) in [6.07, 6.45) is 2.22. The van der Waals surface area contributed by atoms with Crippen LogP contribution in [0, 0.1) is 0 Å². The number of benzene rings is 1. The highest BCUT2D eigenvalue weighted by Gasteiger charge is 2.20. The second-order valence-corrected chi connectivity index (χ2v) is 6.70. The number of carbonyl (C=O) groups is 1. The highest BCUT2D eigenvalue weighted by Crippen LogP contribution is 2.22. The van der Waals surface area contributed by atoms with Crippen LogP contribution in [0.1, 0.15) is 18.7 Å². The lowest BCUT2D eigenvalue weighted by Crippen LogP contribution is -2.36. The number of hydrogen-bond acceptors (Lipinski definition) is 5. The van der Waals surface area contributed by atoms with Crippen LogP contribution in [-0.4, -0.2) is 39.6 Å². The maximum absolute atomic E-state index is 12.2. The molecule has 1 aromatic heterocycles. The van der Waals surface area contributed by atoms with Crippen LogP contribution in [-0.2, 0) is 17.8 Å². The van der Waals surface area contributed by atoms with E-state index in [-0.39, 0.29) is 17.6 Å². The maximum Gasteiger partial charge on any atom is 0.343 e. The molecule has 7 nitrogen and oxygen atoms in total. The van der Waals surface area contributed by atoms with Crippen molar-refractivity contribution in [2.24, 2.45) is 0 Å². The molecular weight excluding hydrogens is 328 g/mol. The number of methoxy groups -OCH3 is 1. The molecule has 1 atom stereocenters. The van der Waals surface area contributed by atoms with Crippen molar-refractivity contribution < 1.29 is 9.53 Å². The Morgan fingerprint density at radius 1 is 1.50 bits per heavy atom. The first-order valence-electron chi connectivity index (χ1n) is 7.86. The van der Waals surface area contributed by atoms with Crippen LogP contribution in [0.3, 0.4) is 0 Å². The second kappa shape index (κ2) is 7.57. The molecule has 3 rings (SSSR count). The van der Waals surface area contributed by atoms with Gasteiger partial charge in [0.15, 0.2) is 0 Å². The van der Waals surface area contributed by atoms with Crippen LogP contribution < -0.4 is 15.7 Å². The van der Waals surface area contributed by atoms with E-state index in [1.807, 2.05) is 24.3 Å². The monoisotopic (exact) mass is 348 g/mol. The number of nitrogens with one attached hydrogen (secondary N) is 2. The Balaban J connectivity index is 1.49. The van der Waals surface area contributed by atoms with E-state index in [4.69, 9.17) is 4.74 Å². The van der Waals surface area contributed by atoms with Gasteiger partial charge in [-0.25, -0.2) is 9.89 Å². The van der Waals surface area contributed by atoms with Gasteiger partial charge in [0.2, 0.25) is 5.91 Å². The Morgan fingerprint density at radius 2 is 2.38 bits per heavy atom. The van der Waals surface area contributed by atoms with Gasteiger partial charge < -0.3 is 10.1 Å². The number of H-pyrrole nitrogens is 1. The zero-order valence-corrected chi connectivity index (χ0v) is 14.3. The molecule has 0 saturated carbocycles. The normalized spacial score (nSPS) is 17.0. The average Bonchev–Trinajstić information content (AvgIpc) is 2.83. The number of fused-ring (bicyclic) bond motifs is 1. The van der Waals surface area contributed by atoms with Crippen LogP contribution in [0.4, 0.5) is 0 Å². The molecule has 0 radical (unpaired) electrons. The van der Waals surface area contributed by atoms with Crippen LogP contribution in [0.15, 0.2) is 34.0 Å². The Morgan fingerprint density at radius 3 is 3.21 bits per heavy atom. The van der Waals surface area contributed by atoms with Gasteiger partial charge in [-0.2, -0.15) is 5.10 Å². The van der Waals surface area contributed by atoms with Crippen molar-refractivity contribution >= 4 is 17.7 Å². The lowest BCUT2D eigenvalue weighted by molar-refractivity contribution is -0.119. The predicted molar refractivity (Wildman–Crippen MR) is 91.4 cm³/mol. The van der Waals surface area contributed by atoms with Gasteiger partial charge in [-0.3, -0.25) is 9.36 Å². The van der Waals surface area contributed by atoms with Gasteiger partial charge in [-0.1, -0.05) is 6.07 Å². The average molecular weight is 348 g/mol. The Bertz CT molecular complexity index is 771. The van der Waals surface area contributed by atoms with Crippen molar-refractivity contribution in [2.75, 3.05) is 12.9 Å². The van der Waals surface area contributed by atoms with Crippen molar-refractivity contribution in [3.8, 4) is 5.75 Å². The standard InChI is InChI=1S/C16H20N4O3S/c1-23-12-3-2-4-13(9-12)24-10-15(21)17-11-5-6-14-18-19-16(22)20(14)8-7-11/h2-4,9,11H,5-8,10H2,1H3,(H,17,21)(H,19,22). The van der Waals surface area contributed by atoms with Gasteiger partial charge in [0.05, 0.1) is 12.9 Å². The molecule has 2 heterocycles. The van der Waals surface area contributed by atoms with Crippen molar-refractivity contribution in [3.05, 3.63) is 40.6 Å². The van der Waals surface area contributed by atoms with E-state index >= 15 is 0 Å². The summed E-state index contributed by atoms with van der Waals surface area (Å²) >= 11 is 1.48. The van der Waals surface area contributed by atoms with Crippen LogP contribution in [0.25, 0.3) is 0 Å². The Hall–Kier alpha value is -2.22.